The molecule has 7 nitrogen and oxygen atoms in total. The van der Waals surface area contributed by atoms with Crippen LogP contribution >= 0.6 is 11.3 Å². The smallest absolute Gasteiger partial charge is 0.152 e. The second-order valence-electron chi connectivity index (χ2n) is 7.08. The van der Waals surface area contributed by atoms with Crippen molar-refractivity contribution in [3.8, 4) is 0 Å². The molecule has 0 aromatic carbocycles. The standard InChI is InChI=1S/C17H24N4O3S2/c1-11-12(2)25-17-15(11)16(18-13-3-8-26(22,23)10-13)19-14(20-17)9-21-4-6-24-7-5-21/h13H,3-10H2,1-2H3,(H,18,19,20). The molecule has 9 heteroatoms. The number of thiophene rings is 1. The van der Waals surface area contributed by atoms with Crippen molar-refractivity contribution in [1.29, 1.82) is 0 Å². The average Bonchev–Trinajstić information content (AvgIpc) is 3.07. The first-order valence-electron chi connectivity index (χ1n) is 8.95. The largest absolute Gasteiger partial charge is 0.379 e. The van der Waals surface area contributed by atoms with Gasteiger partial charge in [0.25, 0.3) is 0 Å². The van der Waals surface area contributed by atoms with Gasteiger partial charge in [-0.05, 0) is 25.8 Å². The zero-order chi connectivity index (χ0) is 18.3. The van der Waals surface area contributed by atoms with Gasteiger partial charge in [0.15, 0.2) is 9.84 Å². The summed E-state index contributed by atoms with van der Waals surface area (Å²) in [6.45, 7) is 8.10. The number of aromatic nitrogens is 2. The van der Waals surface area contributed by atoms with E-state index in [1.165, 1.54) is 10.4 Å². The van der Waals surface area contributed by atoms with Crippen LogP contribution in [0.25, 0.3) is 10.2 Å². The molecule has 142 valence electrons. The molecule has 2 aliphatic heterocycles. The van der Waals surface area contributed by atoms with E-state index in [0.29, 0.717) is 13.0 Å². The van der Waals surface area contributed by atoms with E-state index in [9.17, 15) is 8.42 Å². The Morgan fingerprint density at radius 1 is 1.27 bits per heavy atom. The van der Waals surface area contributed by atoms with E-state index < -0.39 is 9.84 Å². The molecule has 4 heterocycles. The van der Waals surface area contributed by atoms with Crippen LogP contribution in [0, 0.1) is 13.8 Å². The van der Waals surface area contributed by atoms with Gasteiger partial charge in [-0.25, -0.2) is 18.4 Å². The Morgan fingerprint density at radius 2 is 2.04 bits per heavy atom. The predicted molar refractivity (Wildman–Crippen MR) is 104 cm³/mol. The number of nitrogens with zero attached hydrogens (tertiary/aromatic N) is 3. The molecular weight excluding hydrogens is 372 g/mol. The average molecular weight is 397 g/mol. The highest BCUT2D eigenvalue weighted by atomic mass is 32.2. The fourth-order valence-corrected chi connectivity index (χ4v) is 6.25. The van der Waals surface area contributed by atoms with E-state index in [2.05, 4.69) is 24.1 Å². The van der Waals surface area contributed by atoms with Crippen LogP contribution in [0.4, 0.5) is 5.82 Å². The molecule has 1 atom stereocenters. The number of hydrogen-bond donors (Lipinski definition) is 1. The van der Waals surface area contributed by atoms with Gasteiger partial charge in [-0.1, -0.05) is 0 Å². The molecular formula is C17H24N4O3S2. The summed E-state index contributed by atoms with van der Waals surface area (Å²) in [7, 11) is -2.93. The molecule has 0 amide bonds. The lowest BCUT2D eigenvalue weighted by molar-refractivity contribution is 0.0331. The molecule has 0 saturated carbocycles. The van der Waals surface area contributed by atoms with Gasteiger partial charge in [0.1, 0.15) is 16.5 Å². The highest BCUT2D eigenvalue weighted by Crippen LogP contribution is 2.34. The molecule has 0 bridgehead atoms. The maximum Gasteiger partial charge on any atom is 0.152 e. The van der Waals surface area contributed by atoms with Crippen molar-refractivity contribution in [2.24, 2.45) is 0 Å². The first-order valence-corrected chi connectivity index (χ1v) is 11.6. The Bertz CT molecular complexity index is 920. The van der Waals surface area contributed by atoms with E-state index in [-0.39, 0.29) is 17.5 Å². The third-order valence-corrected chi connectivity index (χ3v) is 7.99. The van der Waals surface area contributed by atoms with E-state index in [4.69, 9.17) is 14.7 Å². The molecule has 0 aliphatic carbocycles. The van der Waals surface area contributed by atoms with Crippen molar-refractivity contribution in [2.75, 3.05) is 43.1 Å². The Hall–Kier alpha value is -1.29. The molecule has 0 radical (unpaired) electrons. The Morgan fingerprint density at radius 3 is 2.73 bits per heavy atom. The monoisotopic (exact) mass is 396 g/mol. The normalized spacial score (nSPS) is 23.5. The summed E-state index contributed by atoms with van der Waals surface area (Å²) < 4.78 is 29.0. The number of fused-ring (bicyclic) bond motifs is 1. The van der Waals surface area contributed by atoms with Crippen LogP contribution in [0.5, 0.6) is 0 Å². The Labute approximate surface area is 157 Å². The van der Waals surface area contributed by atoms with E-state index in [1.807, 2.05) is 0 Å². The maximum absolute atomic E-state index is 11.8. The van der Waals surface area contributed by atoms with Crippen molar-refractivity contribution in [1.82, 2.24) is 14.9 Å². The highest BCUT2D eigenvalue weighted by Gasteiger charge is 2.29. The summed E-state index contributed by atoms with van der Waals surface area (Å²) in [5.74, 6) is 1.99. The molecule has 1 unspecified atom stereocenters. The topological polar surface area (TPSA) is 84.4 Å². The highest BCUT2D eigenvalue weighted by molar-refractivity contribution is 7.91. The van der Waals surface area contributed by atoms with Crippen LogP contribution < -0.4 is 5.32 Å². The minimum Gasteiger partial charge on any atom is -0.379 e. The van der Waals surface area contributed by atoms with Gasteiger partial charge in [0.2, 0.25) is 0 Å². The second-order valence-corrected chi connectivity index (χ2v) is 10.5. The van der Waals surface area contributed by atoms with Gasteiger partial charge in [-0.2, -0.15) is 0 Å². The number of hydrogen-bond acceptors (Lipinski definition) is 8. The molecule has 2 aromatic heterocycles. The quantitative estimate of drug-likeness (QED) is 0.843. The molecule has 1 N–H and O–H groups in total. The molecule has 2 aliphatic rings. The molecule has 0 spiro atoms. The number of ether oxygens (including phenoxy) is 1. The molecule has 2 fully saturated rings. The van der Waals surface area contributed by atoms with Crippen molar-refractivity contribution < 1.29 is 13.2 Å². The fourth-order valence-electron chi connectivity index (χ4n) is 3.53. The van der Waals surface area contributed by atoms with Gasteiger partial charge in [-0.3, -0.25) is 4.90 Å². The third-order valence-electron chi connectivity index (χ3n) is 5.12. The SMILES string of the molecule is Cc1sc2nc(CN3CCOCC3)nc(NC3CCS(=O)(=O)C3)c2c1C. The predicted octanol–water partition coefficient (Wildman–Crippen LogP) is 1.74. The summed E-state index contributed by atoms with van der Waals surface area (Å²) in [5, 5.41) is 4.43. The lowest BCUT2D eigenvalue weighted by Gasteiger charge is -2.26. The Kier molecular flexibility index (Phi) is 4.89. The first kappa shape index (κ1) is 18.1. The van der Waals surface area contributed by atoms with Crippen LogP contribution in [0.2, 0.25) is 0 Å². The minimum absolute atomic E-state index is 0.0751. The number of aryl methyl sites for hydroxylation is 2. The Balaban J connectivity index is 1.66. The van der Waals surface area contributed by atoms with E-state index >= 15 is 0 Å². The fraction of sp³-hybridized carbons (Fsp3) is 0.647. The van der Waals surface area contributed by atoms with Crippen molar-refractivity contribution in [2.45, 2.75) is 32.9 Å². The van der Waals surface area contributed by atoms with Crippen LogP contribution in [0.1, 0.15) is 22.7 Å². The zero-order valence-corrected chi connectivity index (χ0v) is 16.8. The van der Waals surface area contributed by atoms with Gasteiger partial charge in [-0.15, -0.1) is 11.3 Å². The number of rotatable bonds is 4. The maximum atomic E-state index is 11.8. The molecule has 4 rings (SSSR count). The summed E-state index contributed by atoms with van der Waals surface area (Å²) in [6, 6.07) is -0.0751. The van der Waals surface area contributed by atoms with Crippen molar-refractivity contribution >= 4 is 37.2 Å². The summed E-state index contributed by atoms with van der Waals surface area (Å²) in [5.41, 5.74) is 1.17. The summed E-state index contributed by atoms with van der Waals surface area (Å²) in [6.07, 6.45) is 0.634. The summed E-state index contributed by atoms with van der Waals surface area (Å²) in [4.78, 5) is 14.1. The number of morpholine rings is 1. The van der Waals surface area contributed by atoms with Gasteiger partial charge in [0.05, 0.1) is 36.7 Å². The van der Waals surface area contributed by atoms with Crippen LogP contribution in [0.15, 0.2) is 0 Å². The van der Waals surface area contributed by atoms with Crippen molar-refractivity contribution in [3.05, 3.63) is 16.3 Å². The number of anilines is 1. The third kappa shape index (κ3) is 3.71. The zero-order valence-electron chi connectivity index (χ0n) is 15.1. The lowest BCUT2D eigenvalue weighted by atomic mass is 10.2. The first-order chi connectivity index (χ1) is 12.4. The second kappa shape index (κ2) is 7.03. The van der Waals surface area contributed by atoms with Gasteiger partial charge < -0.3 is 10.1 Å². The number of nitrogens with one attached hydrogen (secondary N) is 1. The van der Waals surface area contributed by atoms with E-state index in [1.54, 1.807) is 11.3 Å². The number of sulfone groups is 1. The van der Waals surface area contributed by atoms with Crippen LogP contribution in [0.3, 0.4) is 0 Å². The lowest BCUT2D eigenvalue weighted by Crippen LogP contribution is -2.36. The van der Waals surface area contributed by atoms with E-state index in [0.717, 1.165) is 48.2 Å². The van der Waals surface area contributed by atoms with Crippen LogP contribution in [-0.4, -0.2) is 67.1 Å². The van der Waals surface area contributed by atoms with Crippen LogP contribution in [-0.2, 0) is 21.1 Å². The molecule has 26 heavy (non-hydrogen) atoms. The molecule has 2 saturated heterocycles. The van der Waals surface area contributed by atoms with Crippen molar-refractivity contribution in [3.63, 3.8) is 0 Å². The summed E-state index contributed by atoms with van der Waals surface area (Å²) >= 11 is 1.67. The van der Waals surface area contributed by atoms with Gasteiger partial charge >= 0.3 is 0 Å². The molecule has 2 aromatic rings. The van der Waals surface area contributed by atoms with Gasteiger partial charge in [0, 0.05) is 24.0 Å². The minimum atomic E-state index is -2.93.